The smallest absolute Gasteiger partial charge is 0.304 e. The highest BCUT2D eigenvalue weighted by atomic mass is 19.1. The molecule has 1 unspecified atom stereocenters. The molecule has 0 aliphatic rings. The second-order valence-corrected chi connectivity index (χ2v) is 5.93. The van der Waals surface area contributed by atoms with Crippen LogP contribution in [-0.2, 0) is 4.79 Å². The summed E-state index contributed by atoms with van der Waals surface area (Å²) < 4.78 is 25.2. The van der Waals surface area contributed by atoms with Crippen LogP contribution in [0.4, 0.5) is 4.39 Å². The molecule has 0 fully saturated rings. The third-order valence-corrected chi connectivity index (χ3v) is 4.06. The topological polar surface area (TPSA) is 72.6 Å². The molecular weight excluding hydrogens is 337 g/mol. The molecule has 5 nitrogen and oxygen atoms in total. The summed E-state index contributed by atoms with van der Waals surface area (Å²) in [4.78, 5) is 15.5. The SMILES string of the molecule is COc1ccccc1-c1cc(F)cc(C(CC(=O)O)c2ncc(C)o2)c1. The van der Waals surface area contributed by atoms with Crippen LogP contribution >= 0.6 is 0 Å². The van der Waals surface area contributed by atoms with Gasteiger partial charge in [-0.25, -0.2) is 9.37 Å². The van der Waals surface area contributed by atoms with Crippen molar-refractivity contribution in [3.63, 3.8) is 0 Å². The fourth-order valence-corrected chi connectivity index (χ4v) is 2.91. The van der Waals surface area contributed by atoms with Gasteiger partial charge in [0, 0.05) is 5.56 Å². The first-order chi connectivity index (χ1) is 12.5. The number of aromatic nitrogens is 1. The molecule has 6 heteroatoms. The Labute approximate surface area is 150 Å². The highest BCUT2D eigenvalue weighted by Gasteiger charge is 2.24. The molecule has 0 spiro atoms. The van der Waals surface area contributed by atoms with Crippen LogP contribution in [0, 0.1) is 12.7 Å². The molecule has 1 aromatic heterocycles. The molecule has 1 N–H and O–H groups in total. The van der Waals surface area contributed by atoms with Gasteiger partial charge < -0.3 is 14.3 Å². The number of aryl methyl sites for hydroxylation is 1. The van der Waals surface area contributed by atoms with Crippen molar-refractivity contribution in [2.75, 3.05) is 7.11 Å². The zero-order valence-electron chi connectivity index (χ0n) is 14.4. The summed E-state index contributed by atoms with van der Waals surface area (Å²) in [7, 11) is 1.54. The Kier molecular flexibility index (Phi) is 5.02. The molecule has 1 heterocycles. The highest BCUT2D eigenvalue weighted by Crippen LogP contribution is 2.35. The number of hydrogen-bond donors (Lipinski definition) is 1. The van der Waals surface area contributed by atoms with Gasteiger partial charge in [0.1, 0.15) is 17.3 Å². The molecule has 0 saturated carbocycles. The number of aliphatic carboxylic acids is 1. The number of carboxylic acid groups (broad SMARTS) is 1. The highest BCUT2D eigenvalue weighted by molar-refractivity contribution is 5.72. The Morgan fingerprint density at radius 3 is 2.73 bits per heavy atom. The average Bonchev–Trinajstić information content (AvgIpc) is 3.05. The van der Waals surface area contributed by atoms with Gasteiger partial charge in [-0.1, -0.05) is 18.2 Å². The van der Waals surface area contributed by atoms with E-state index in [0.29, 0.717) is 28.2 Å². The predicted molar refractivity (Wildman–Crippen MR) is 93.7 cm³/mol. The average molecular weight is 355 g/mol. The molecule has 0 aliphatic heterocycles. The van der Waals surface area contributed by atoms with Crippen molar-refractivity contribution in [2.24, 2.45) is 0 Å². The van der Waals surface area contributed by atoms with Gasteiger partial charge in [0.2, 0.25) is 5.89 Å². The predicted octanol–water partition coefficient (Wildman–Crippen LogP) is 4.40. The Bertz CT molecular complexity index is 935. The lowest BCUT2D eigenvalue weighted by atomic mass is 9.92. The summed E-state index contributed by atoms with van der Waals surface area (Å²) in [5.74, 6) is -0.759. The third kappa shape index (κ3) is 3.74. The number of halogens is 1. The number of rotatable bonds is 6. The number of nitrogens with zero attached hydrogens (tertiary/aromatic N) is 1. The van der Waals surface area contributed by atoms with E-state index in [1.54, 1.807) is 26.2 Å². The van der Waals surface area contributed by atoms with Gasteiger partial charge in [0.15, 0.2) is 0 Å². The van der Waals surface area contributed by atoms with E-state index in [0.717, 1.165) is 0 Å². The molecular formula is C20H18FNO4. The van der Waals surface area contributed by atoms with Gasteiger partial charge in [-0.05, 0) is 42.3 Å². The zero-order valence-corrected chi connectivity index (χ0v) is 14.4. The molecule has 0 aliphatic carbocycles. The van der Waals surface area contributed by atoms with Crippen LogP contribution in [0.25, 0.3) is 11.1 Å². The van der Waals surface area contributed by atoms with Crippen molar-refractivity contribution < 1.29 is 23.4 Å². The summed E-state index contributed by atoms with van der Waals surface area (Å²) >= 11 is 0. The van der Waals surface area contributed by atoms with Crippen LogP contribution in [0.2, 0.25) is 0 Å². The number of ether oxygens (including phenoxy) is 1. The molecule has 134 valence electrons. The third-order valence-electron chi connectivity index (χ3n) is 4.06. The van der Waals surface area contributed by atoms with Crippen molar-refractivity contribution in [2.45, 2.75) is 19.3 Å². The number of methoxy groups -OCH3 is 1. The molecule has 3 rings (SSSR count). The number of oxazole rings is 1. The lowest BCUT2D eigenvalue weighted by Crippen LogP contribution is -2.09. The quantitative estimate of drug-likeness (QED) is 0.709. The second-order valence-electron chi connectivity index (χ2n) is 5.93. The van der Waals surface area contributed by atoms with E-state index in [-0.39, 0.29) is 12.3 Å². The molecule has 0 amide bonds. The largest absolute Gasteiger partial charge is 0.496 e. The Morgan fingerprint density at radius 1 is 1.31 bits per heavy atom. The maximum absolute atomic E-state index is 14.3. The number of carbonyl (C=O) groups is 1. The fourth-order valence-electron chi connectivity index (χ4n) is 2.91. The van der Waals surface area contributed by atoms with Crippen LogP contribution in [-0.4, -0.2) is 23.2 Å². The fraction of sp³-hybridized carbons (Fsp3) is 0.200. The first-order valence-electron chi connectivity index (χ1n) is 8.06. The van der Waals surface area contributed by atoms with E-state index in [2.05, 4.69) is 4.98 Å². The van der Waals surface area contributed by atoms with Gasteiger partial charge in [-0.3, -0.25) is 4.79 Å². The molecule has 2 aromatic carbocycles. The van der Waals surface area contributed by atoms with E-state index < -0.39 is 17.7 Å². The summed E-state index contributed by atoms with van der Waals surface area (Å²) in [5.41, 5.74) is 1.79. The number of carboxylic acids is 1. The van der Waals surface area contributed by atoms with Gasteiger partial charge in [0.05, 0.1) is 25.6 Å². The molecule has 1 atom stereocenters. The molecule has 0 radical (unpaired) electrons. The monoisotopic (exact) mass is 355 g/mol. The van der Waals surface area contributed by atoms with Crippen LogP contribution in [0.15, 0.2) is 53.1 Å². The van der Waals surface area contributed by atoms with Crippen LogP contribution in [0.5, 0.6) is 5.75 Å². The summed E-state index contributed by atoms with van der Waals surface area (Å²) in [5, 5.41) is 9.27. The van der Waals surface area contributed by atoms with Gasteiger partial charge in [-0.15, -0.1) is 0 Å². The number of benzene rings is 2. The molecule has 0 bridgehead atoms. The van der Waals surface area contributed by atoms with E-state index in [9.17, 15) is 14.3 Å². The zero-order chi connectivity index (χ0) is 18.7. The van der Waals surface area contributed by atoms with Crippen LogP contribution in [0.3, 0.4) is 0 Å². The normalized spacial score (nSPS) is 12.0. The summed E-state index contributed by atoms with van der Waals surface area (Å²) in [6, 6.07) is 11.7. The minimum Gasteiger partial charge on any atom is -0.496 e. The minimum atomic E-state index is -1.02. The van der Waals surface area contributed by atoms with Crippen molar-refractivity contribution in [3.8, 4) is 16.9 Å². The van der Waals surface area contributed by atoms with Gasteiger partial charge >= 0.3 is 5.97 Å². The lowest BCUT2D eigenvalue weighted by molar-refractivity contribution is -0.137. The van der Waals surface area contributed by atoms with Crippen molar-refractivity contribution >= 4 is 5.97 Å². The van der Waals surface area contributed by atoms with Gasteiger partial charge in [-0.2, -0.15) is 0 Å². The van der Waals surface area contributed by atoms with E-state index in [1.165, 1.54) is 18.3 Å². The van der Waals surface area contributed by atoms with Crippen molar-refractivity contribution in [1.82, 2.24) is 4.98 Å². The Balaban J connectivity index is 2.11. The number of hydrogen-bond acceptors (Lipinski definition) is 4. The van der Waals surface area contributed by atoms with E-state index in [1.807, 2.05) is 18.2 Å². The standard InChI is InChI=1S/C20H18FNO4/c1-12-11-22-20(26-12)17(10-19(23)24)14-7-13(8-15(21)9-14)16-5-3-4-6-18(16)25-2/h3-9,11,17H,10H2,1-2H3,(H,23,24). The second kappa shape index (κ2) is 7.39. The summed E-state index contributed by atoms with van der Waals surface area (Å²) in [6.45, 7) is 1.72. The van der Waals surface area contributed by atoms with Crippen molar-refractivity contribution in [1.29, 1.82) is 0 Å². The van der Waals surface area contributed by atoms with Crippen LogP contribution in [0.1, 0.15) is 29.6 Å². The Hall–Kier alpha value is -3.15. The lowest BCUT2D eigenvalue weighted by Gasteiger charge is -2.15. The van der Waals surface area contributed by atoms with Crippen molar-refractivity contribution in [3.05, 3.63) is 71.7 Å². The van der Waals surface area contributed by atoms with Crippen LogP contribution < -0.4 is 4.74 Å². The minimum absolute atomic E-state index is 0.251. The maximum atomic E-state index is 14.3. The maximum Gasteiger partial charge on any atom is 0.304 e. The number of para-hydroxylation sites is 1. The van der Waals surface area contributed by atoms with E-state index in [4.69, 9.17) is 9.15 Å². The Morgan fingerprint density at radius 2 is 2.08 bits per heavy atom. The first kappa shape index (κ1) is 17.7. The molecule has 26 heavy (non-hydrogen) atoms. The van der Waals surface area contributed by atoms with E-state index >= 15 is 0 Å². The molecule has 3 aromatic rings. The summed E-state index contributed by atoms with van der Waals surface area (Å²) in [6.07, 6.45) is 1.26. The molecule has 0 saturated heterocycles. The van der Waals surface area contributed by atoms with Gasteiger partial charge in [0.25, 0.3) is 0 Å². The first-order valence-corrected chi connectivity index (χ1v) is 8.06.